The van der Waals surface area contributed by atoms with Crippen molar-refractivity contribution in [3.05, 3.63) is 58.7 Å². The number of ether oxygens (including phenoxy) is 2. The van der Waals surface area contributed by atoms with Crippen LogP contribution in [0.4, 0.5) is 17.3 Å². The van der Waals surface area contributed by atoms with Crippen molar-refractivity contribution in [3.63, 3.8) is 0 Å². The van der Waals surface area contributed by atoms with E-state index in [1.165, 1.54) is 7.41 Å². The van der Waals surface area contributed by atoms with Gasteiger partial charge in [0.15, 0.2) is 8.32 Å². The number of methoxy groups -OCH3 is 1. The Bertz CT molecular complexity index is 1530. The minimum atomic E-state index is -2.06. The van der Waals surface area contributed by atoms with Gasteiger partial charge in [-0.15, -0.1) is 0 Å². The number of anilines is 3. The maximum atomic E-state index is 11.6. The molecule has 0 saturated heterocycles. The highest BCUT2D eigenvalue weighted by atomic mass is 35.5. The van der Waals surface area contributed by atoms with E-state index in [4.69, 9.17) is 30.5 Å². The van der Waals surface area contributed by atoms with Crippen LogP contribution in [-0.4, -0.2) is 65.4 Å². The van der Waals surface area contributed by atoms with E-state index in [0.29, 0.717) is 60.0 Å². The molecule has 12 heteroatoms. The molecule has 2 aromatic carbocycles. The number of halogens is 1. The fourth-order valence-electron chi connectivity index (χ4n) is 4.72. The number of hydrogen-bond donors (Lipinski definition) is 1. The fourth-order valence-corrected chi connectivity index (χ4v) is 6.00. The van der Waals surface area contributed by atoms with Gasteiger partial charge in [-0.1, -0.05) is 39.3 Å². The molecule has 9 nitrogen and oxygen atoms in total. The number of benzene rings is 2. The Balaban J connectivity index is 1.72. The van der Waals surface area contributed by atoms with Crippen molar-refractivity contribution in [1.29, 1.82) is 5.26 Å². The number of nitrogens with one attached hydrogen (secondary N) is 1. The molecule has 4 rings (SSSR count). The zero-order valence-corrected chi connectivity index (χ0v) is 27.6. The molecule has 2 heterocycles. The van der Waals surface area contributed by atoms with Crippen LogP contribution in [0.5, 0.6) is 5.75 Å². The van der Waals surface area contributed by atoms with Crippen molar-refractivity contribution in [3.8, 4) is 23.1 Å². The van der Waals surface area contributed by atoms with Gasteiger partial charge in [-0.25, -0.2) is 9.97 Å². The quantitative estimate of drug-likeness (QED) is 0.141. The number of hydrogen-bond acceptors (Lipinski definition) is 9. The highest BCUT2D eigenvalue weighted by molar-refractivity contribution is 6.74. The first-order chi connectivity index (χ1) is 20.3. The van der Waals surface area contributed by atoms with E-state index in [-0.39, 0.29) is 5.04 Å². The van der Waals surface area contributed by atoms with Crippen molar-refractivity contribution in [2.24, 2.45) is 0 Å². The lowest BCUT2D eigenvalue weighted by molar-refractivity contribution is 0.146. The smallest absolute Gasteiger partial charge is 0.329 e. The molecule has 225 valence electrons. The molecule has 1 unspecified atom stereocenters. The lowest BCUT2D eigenvalue weighted by atomic mass is 9.83. The molecule has 1 aliphatic rings. The highest BCUT2D eigenvalue weighted by Gasteiger charge is 2.44. The number of carbonyl (C=O) groups is 1. The van der Waals surface area contributed by atoms with Gasteiger partial charge in [0, 0.05) is 48.1 Å². The second-order valence-corrected chi connectivity index (χ2v) is 17.7. The standard InChI is InChI=1S/C31H38BClN5O4Si/c1-30(2,3)43(6,7)42-19-31(4)18-38(32-20-39)28-22(17-34)14-21(15-24(28)31)25-10-11-35-29(36-25)37-26-16-23(33)8-9-27(26)41-13-12-40-5/h8-11,14-16,20H,12-13,18-19H2,1-7H3,(H,35,36,37). The predicted octanol–water partition coefficient (Wildman–Crippen LogP) is 6.35. The second-order valence-electron chi connectivity index (χ2n) is 12.4. The van der Waals surface area contributed by atoms with Crippen molar-refractivity contribution in [2.75, 3.05) is 43.6 Å². The van der Waals surface area contributed by atoms with E-state index in [9.17, 15) is 10.1 Å². The van der Waals surface area contributed by atoms with Crippen molar-refractivity contribution in [1.82, 2.24) is 9.97 Å². The summed E-state index contributed by atoms with van der Waals surface area (Å²) >= 11 is 6.27. The molecule has 1 N–H and O–H groups in total. The average Bonchev–Trinajstić information content (AvgIpc) is 3.24. The van der Waals surface area contributed by atoms with E-state index in [2.05, 4.69) is 63.2 Å². The molecule has 0 bridgehead atoms. The van der Waals surface area contributed by atoms with E-state index < -0.39 is 13.7 Å². The lowest BCUT2D eigenvalue weighted by Crippen LogP contribution is -2.46. The Morgan fingerprint density at radius 3 is 2.67 bits per heavy atom. The molecule has 0 saturated carbocycles. The van der Waals surface area contributed by atoms with E-state index >= 15 is 0 Å². The number of carbonyl (C=O) groups excluding carboxylic acids is 1. The molecular formula is C31H38BClN5O4Si. The van der Waals surface area contributed by atoms with Gasteiger partial charge < -0.3 is 28.8 Å². The Morgan fingerprint density at radius 2 is 2.00 bits per heavy atom. The highest BCUT2D eigenvalue weighted by Crippen LogP contribution is 2.46. The van der Waals surface area contributed by atoms with Crippen LogP contribution in [0.1, 0.15) is 38.8 Å². The Hall–Kier alpha value is -3.43. The van der Waals surface area contributed by atoms with Crippen LogP contribution >= 0.6 is 11.6 Å². The lowest BCUT2D eigenvalue weighted by Gasteiger charge is -2.39. The van der Waals surface area contributed by atoms with Crippen LogP contribution in [0, 0.1) is 11.3 Å². The molecule has 3 aromatic rings. The van der Waals surface area contributed by atoms with Crippen LogP contribution in [0.2, 0.25) is 23.2 Å². The van der Waals surface area contributed by atoms with Gasteiger partial charge in [0.25, 0.3) is 0 Å². The third-order valence-corrected chi connectivity index (χ3v) is 12.9. The zero-order chi connectivity index (χ0) is 31.4. The summed E-state index contributed by atoms with van der Waals surface area (Å²) in [6, 6.07) is 13.3. The van der Waals surface area contributed by atoms with Gasteiger partial charge in [0.05, 0.1) is 23.6 Å². The summed E-state index contributed by atoms with van der Waals surface area (Å²) in [5.74, 6) is 0.930. The number of nitrogens with zero attached hydrogens (tertiary/aromatic N) is 4. The van der Waals surface area contributed by atoms with Crippen molar-refractivity contribution < 1.29 is 18.7 Å². The first kappa shape index (κ1) is 32.5. The molecule has 0 aliphatic carbocycles. The molecule has 0 amide bonds. The van der Waals surface area contributed by atoms with Crippen LogP contribution in [0.3, 0.4) is 0 Å². The van der Waals surface area contributed by atoms with Crippen LogP contribution in [-0.2, 0) is 19.4 Å². The van der Waals surface area contributed by atoms with Gasteiger partial charge in [0.1, 0.15) is 24.6 Å². The van der Waals surface area contributed by atoms with Gasteiger partial charge in [0.2, 0.25) is 5.95 Å². The largest absolute Gasteiger partial charge is 0.489 e. The topological polar surface area (TPSA) is 110 Å². The summed E-state index contributed by atoms with van der Waals surface area (Å²) in [5.41, 5.74) is 3.66. The molecule has 0 fully saturated rings. The first-order valence-electron chi connectivity index (χ1n) is 14.1. The normalized spacial score (nSPS) is 16.4. The third kappa shape index (κ3) is 7.21. The Morgan fingerprint density at radius 1 is 1.23 bits per heavy atom. The third-order valence-electron chi connectivity index (χ3n) is 8.17. The van der Waals surface area contributed by atoms with E-state index in [0.717, 1.165) is 23.0 Å². The molecule has 1 atom stereocenters. The summed E-state index contributed by atoms with van der Waals surface area (Å²) in [6.45, 7) is 15.0. The number of rotatable bonds is 12. The fraction of sp³-hybridized carbons (Fsp3) is 0.419. The second kappa shape index (κ2) is 13.1. The molecule has 0 spiro atoms. The zero-order valence-electron chi connectivity index (χ0n) is 25.8. The molecule has 1 aromatic heterocycles. The molecule has 1 radical (unpaired) electrons. The number of aromatic nitrogens is 2. The van der Waals surface area contributed by atoms with Gasteiger partial charge in [-0.2, -0.15) is 5.26 Å². The minimum absolute atomic E-state index is 0.0427. The minimum Gasteiger partial charge on any atom is -0.489 e. The summed E-state index contributed by atoms with van der Waals surface area (Å²) in [7, 11) is 1.04. The average molecular weight is 619 g/mol. The van der Waals surface area contributed by atoms with Crippen LogP contribution in [0.15, 0.2) is 42.6 Å². The van der Waals surface area contributed by atoms with Gasteiger partial charge in [-0.3, -0.25) is 0 Å². The molecule has 1 aliphatic heterocycles. The van der Waals surface area contributed by atoms with Gasteiger partial charge >= 0.3 is 7.41 Å². The summed E-state index contributed by atoms with van der Waals surface area (Å²) in [4.78, 5) is 22.6. The maximum Gasteiger partial charge on any atom is 0.329 e. The number of nitriles is 1. The molecular weight excluding hydrogens is 581 g/mol. The van der Waals surface area contributed by atoms with Crippen LogP contribution < -0.4 is 14.9 Å². The summed E-state index contributed by atoms with van der Waals surface area (Å²) < 4.78 is 17.6. The number of fused-ring (bicyclic) bond motifs is 1. The van der Waals surface area contributed by atoms with Crippen molar-refractivity contribution >= 4 is 50.8 Å². The predicted molar refractivity (Wildman–Crippen MR) is 175 cm³/mol. The van der Waals surface area contributed by atoms with Gasteiger partial charge in [-0.05, 0) is 60.1 Å². The Labute approximate surface area is 260 Å². The maximum absolute atomic E-state index is 11.6. The summed E-state index contributed by atoms with van der Waals surface area (Å²) in [5, 5.41) is 14.0. The van der Waals surface area contributed by atoms with E-state index in [1.807, 2.05) is 4.81 Å². The molecule has 43 heavy (non-hydrogen) atoms. The van der Waals surface area contributed by atoms with E-state index in [1.54, 1.807) is 43.6 Å². The summed E-state index contributed by atoms with van der Waals surface area (Å²) in [6.07, 6.45) is 2.41. The van der Waals surface area contributed by atoms with Crippen LogP contribution in [0.25, 0.3) is 11.3 Å². The monoisotopic (exact) mass is 618 g/mol. The SMILES string of the molecule is COCCOc1ccc(Cl)cc1Nc1nccc(-c2cc(C#N)c3c(c2)C(C)(CO[Si](C)(C)C(C)(C)C)CN3[B]C=O)n1. The van der Waals surface area contributed by atoms with Crippen molar-refractivity contribution in [2.45, 2.75) is 51.2 Å². The first-order valence-corrected chi connectivity index (χ1v) is 17.4. The Kier molecular flexibility index (Phi) is 9.87.